The third-order valence-electron chi connectivity index (χ3n) is 2.66. The van der Waals surface area contributed by atoms with Crippen LogP contribution in [0, 0.1) is 0 Å². The van der Waals surface area contributed by atoms with E-state index in [-0.39, 0.29) is 24.9 Å². The lowest BCUT2D eigenvalue weighted by molar-refractivity contribution is -0.120. The van der Waals surface area contributed by atoms with Crippen molar-refractivity contribution in [2.24, 2.45) is 0 Å². The lowest BCUT2D eigenvalue weighted by Gasteiger charge is -2.08. The monoisotopic (exact) mass is 325 g/mol. The fourth-order valence-electron chi connectivity index (χ4n) is 1.55. The second-order valence-electron chi connectivity index (χ2n) is 4.47. The van der Waals surface area contributed by atoms with E-state index in [4.69, 9.17) is 0 Å². The molecule has 102 valence electrons. The van der Waals surface area contributed by atoms with Gasteiger partial charge in [-0.3, -0.25) is 14.9 Å². The van der Waals surface area contributed by atoms with Gasteiger partial charge in [-0.1, -0.05) is 12.1 Å². The minimum Gasteiger partial charge on any atom is -0.352 e. The maximum Gasteiger partial charge on any atom is 0.238 e. The Bertz CT molecular complexity index is 475. The van der Waals surface area contributed by atoms with Crippen molar-refractivity contribution in [3.63, 3.8) is 0 Å². The number of hydrogen-bond acceptors (Lipinski definition) is 3. The first-order chi connectivity index (χ1) is 9.15. The first kappa shape index (κ1) is 14.0. The number of nitrogens with one attached hydrogen (secondary N) is 3. The molecule has 1 aliphatic carbocycles. The van der Waals surface area contributed by atoms with Crippen molar-refractivity contribution in [2.45, 2.75) is 18.9 Å². The lowest BCUT2D eigenvalue weighted by atomic mass is 10.3. The zero-order valence-corrected chi connectivity index (χ0v) is 12.0. The van der Waals surface area contributed by atoms with Crippen LogP contribution in [0.15, 0.2) is 28.7 Å². The van der Waals surface area contributed by atoms with Gasteiger partial charge in [0, 0.05) is 10.5 Å². The largest absolute Gasteiger partial charge is 0.352 e. The lowest BCUT2D eigenvalue weighted by Crippen LogP contribution is -2.38. The van der Waals surface area contributed by atoms with E-state index in [1.54, 1.807) is 0 Å². The molecule has 1 fully saturated rings. The zero-order chi connectivity index (χ0) is 13.7. The molecule has 1 aromatic carbocycles. The number of para-hydroxylation sites is 1. The van der Waals surface area contributed by atoms with Gasteiger partial charge in [-0.05, 0) is 40.9 Å². The van der Waals surface area contributed by atoms with E-state index < -0.39 is 0 Å². The first-order valence-corrected chi connectivity index (χ1v) is 6.99. The van der Waals surface area contributed by atoms with Crippen LogP contribution in [0.4, 0.5) is 5.69 Å². The molecule has 0 spiro atoms. The number of carbonyl (C=O) groups is 2. The number of carbonyl (C=O) groups excluding carboxylic acids is 2. The number of benzene rings is 1. The molecule has 0 aromatic heterocycles. The molecule has 0 saturated heterocycles. The number of hydrogen-bond donors (Lipinski definition) is 3. The second kappa shape index (κ2) is 6.68. The van der Waals surface area contributed by atoms with Crippen molar-refractivity contribution < 1.29 is 9.59 Å². The van der Waals surface area contributed by atoms with Crippen LogP contribution in [-0.2, 0) is 9.59 Å². The predicted molar refractivity (Wildman–Crippen MR) is 76.8 cm³/mol. The SMILES string of the molecule is O=C(CNCC(=O)NC1CC1)Nc1ccccc1Br. The van der Waals surface area contributed by atoms with Crippen molar-refractivity contribution in [3.05, 3.63) is 28.7 Å². The van der Waals surface area contributed by atoms with E-state index in [2.05, 4.69) is 31.9 Å². The van der Waals surface area contributed by atoms with E-state index in [1.807, 2.05) is 24.3 Å². The van der Waals surface area contributed by atoms with Crippen LogP contribution in [0.25, 0.3) is 0 Å². The molecule has 2 rings (SSSR count). The minimum atomic E-state index is -0.175. The van der Waals surface area contributed by atoms with Gasteiger partial charge < -0.3 is 10.6 Å². The molecule has 19 heavy (non-hydrogen) atoms. The number of anilines is 1. The molecular formula is C13H16BrN3O2. The van der Waals surface area contributed by atoms with Gasteiger partial charge in [0.1, 0.15) is 0 Å². The average Bonchev–Trinajstić information content (AvgIpc) is 3.16. The summed E-state index contributed by atoms with van der Waals surface area (Å²) < 4.78 is 0.829. The third-order valence-corrected chi connectivity index (χ3v) is 3.35. The van der Waals surface area contributed by atoms with Gasteiger partial charge in [0.2, 0.25) is 11.8 Å². The highest BCUT2D eigenvalue weighted by Crippen LogP contribution is 2.20. The van der Waals surface area contributed by atoms with Crippen LogP contribution in [0.5, 0.6) is 0 Å². The van der Waals surface area contributed by atoms with Gasteiger partial charge in [-0.2, -0.15) is 0 Å². The molecule has 0 atom stereocenters. The smallest absolute Gasteiger partial charge is 0.238 e. The van der Waals surface area contributed by atoms with E-state index in [0.717, 1.165) is 23.0 Å². The van der Waals surface area contributed by atoms with Crippen LogP contribution < -0.4 is 16.0 Å². The Morgan fingerprint density at radius 1 is 1.16 bits per heavy atom. The molecule has 0 unspecified atom stereocenters. The molecule has 2 amide bonds. The summed E-state index contributed by atoms with van der Waals surface area (Å²) in [4.78, 5) is 23.0. The Morgan fingerprint density at radius 2 is 1.84 bits per heavy atom. The highest BCUT2D eigenvalue weighted by molar-refractivity contribution is 9.10. The molecule has 0 aliphatic heterocycles. The van der Waals surface area contributed by atoms with Crippen LogP contribution in [0.3, 0.4) is 0 Å². The fourth-order valence-corrected chi connectivity index (χ4v) is 1.94. The minimum absolute atomic E-state index is 0.0591. The van der Waals surface area contributed by atoms with Crippen molar-refractivity contribution in [3.8, 4) is 0 Å². The van der Waals surface area contributed by atoms with Gasteiger partial charge in [0.15, 0.2) is 0 Å². The summed E-state index contributed by atoms with van der Waals surface area (Å²) in [5, 5.41) is 8.42. The summed E-state index contributed by atoms with van der Waals surface area (Å²) in [5.41, 5.74) is 0.719. The Morgan fingerprint density at radius 3 is 2.53 bits per heavy atom. The molecule has 1 aromatic rings. The third kappa shape index (κ3) is 5.00. The summed E-state index contributed by atoms with van der Waals surface area (Å²) in [5.74, 6) is -0.234. The molecule has 1 aliphatic rings. The molecule has 0 heterocycles. The predicted octanol–water partition coefficient (Wildman–Crippen LogP) is 1.26. The highest BCUT2D eigenvalue weighted by atomic mass is 79.9. The van der Waals surface area contributed by atoms with Gasteiger partial charge in [0.25, 0.3) is 0 Å². The molecule has 5 nitrogen and oxygen atoms in total. The van der Waals surface area contributed by atoms with Crippen LogP contribution in [0.1, 0.15) is 12.8 Å². The summed E-state index contributed by atoms with van der Waals surface area (Å²) in [6.07, 6.45) is 2.13. The van der Waals surface area contributed by atoms with Gasteiger partial charge in [-0.15, -0.1) is 0 Å². The standard InChI is InChI=1S/C13H16BrN3O2/c14-10-3-1-2-4-11(10)17-13(19)8-15-7-12(18)16-9-5-6-9/h1-4,9,15H,5-8H2,(H,16,18)(H,17,19). The van der Waals surface area contributed by atoms with E-state index in [0.29, 0.717) is 6.04 Å². The molecule has 0 bridgehead atoms. The number of halogens is 1. The maximum absolute atomic E-state index is 11.7. The van der Waals surface area contributed by atoms with E-state index >= 15 is 0 Å². The van der Waals surface area contributed by atoms with Crippen molar-refractivity contribution >= 4 is 33.4 Å². The molecule has 0 radical (unpaired) electrons. The van der Waals surface area contributed by atoms with Gasteiger partial charge in [0.05, 0.1) is 18.8 Å². The van der Waals surface area contributed by atoms with Gasteiger partial charge in [-0.25, -0.2) is 0 Å². The fraction of sp³-hybridized carbons (Fsp3) is 0.385. The Kier molecular flexibility index (Phi) is 4.93. The van der Waals surface area contributed by atoms with Crippen LogP contribution >= 0.6 is 15.9 Å². The van der Waals surface area contributed by atoms with Crippen molar-refractivity contribution in [1.82, 2.24) is 10.6 Å². The Hall–Kier alpha value is -1.40. The number of amides is 2. The van der Waals surface area contributed by atoms with Crippen LogP contribution in [-0.4, -0.2) is 30.9 Å². The Balaban J connectivity index is 1.66. The molecule has 3 N–H and O–H groups in total. The second-order valence-corrected chi connectivity index (χ2v) is 5.33. The summed E-state index contributed by atoms with van der Waals surface area (Å²) in [7, 11) is 0. The van der Waals surface area contributed by atoms with E-state index in [1.165, 1.54) is 0 Å². The topological polar surface area (TPSA) is 70.2 Å². The van der Waals surface area contributed by atoms with Crippen molar-refractivity contribution in [2.75, 3.05) is 18.4 Å². The summed E-state index contributed by atoms with van der Waals surface area (Å²) >= 11 is 3.35. The van der Waals surface area contributed by atoms with Crippen LogP contribution in [0.2, 0.25) is 0 Å². The summed E-state index contributed by atoms with van der Waals surface area (Å²) in [6, 6.07) is 7.73. The number of rotatable bonds is 6. The first-order valence-electron chi connectivity index (χ1n) is 6.19. The van der Waals surface area contributed by atoms with E-state index in [9.17, 15) is 9.59 Å². The molecule has 1 saturated carbocycles. The zero-order valence-electron chi connectivity index (χ0n) is 10.4. The molecule has 6 heteroatoms. The average molecular weight is 326 g/mol. The quantitative estimate of drug-likeness (QED) is 0.737. The molecular weight excluding hydrogens is 310 g/mol. The van der Waals surface area contributed by atoms with Gasteiger partial charge >= 0.3 is 0 Å². The Labute approximate surface area is 120 Å². The maximum atomic E-state index is 11.7. The normalized spacial score (nSPS) is 13.9. The van der Waals surface area contributed by atoms with Crippen molar-refractivity contribution in [1.29, 1.82) is 0 Å². The highest BCUT2D eigenvalue weighted by Gasteiger charge is 2.22. The summed E-state index contributed by atoms with van der Waals surface area (Å²) in [6.45, 7) is 0.277.